The van der Waals surface area contributed by atoms with Crippen molar-refractivity contribution >= 4 is 23.2 Å². The minimum Gasteiger partial charge on any atom is -0.359 e. The van der Waals surface area contributed by atoms with Crippen LogP contribution in [0, 0.1) is 17.8 Å². The van der Waals surface area contributed by atoms with Gasteiger partial charge in [0, 0.05) is 31.4 Å². The highest BCUT2D eigenvalue weighted by atomic mass is 32.1. The predicted molar refractivity (Wildman–Crippen MR) is 82.9 cm³/mol. The van der Waals surface area contributed by atoms with E-state index in [1.165, 1.54) is 11.3 Å². The minimum absolute atomic E-state index is 0.0161. The highest BCUT2D eigenvalue weighted by Gasteiger charge is 2.27. The van der Waals surface area contributed by atoms with Crippen LogP contribution in [0.25, 0.3) is 0 Å². The summed E-state index contributed by atoms with van der Waals surface area (Å²) in [6, 6.07) is 1.81. The molecule has 1 fully saturated rings. The number of hydrogen-bond acceptors (Lipinski definition) is 4. The van der Waals surface area contributed by atoms with Crippen LogP contribution in [0.4, 0.5) is 0 Å². The van der Waals surface area contributed by atoms with Crippen LogP contribution in [0.5, 0.6) is 0 Å². The fraction of sp³-hybridized carbons (Fsp3) is 0.467. The van der Waals surface area contributed by atoms with E-state index in [0.717, 1.165) is 17.7 Å². The van der Waals surface area contributed by atoms with Gasteiger partial charge in [0.1, 0.15) is 0 Å². The summed E-state index contributed by atoms with van der Waals surface area (Å²) in [4.78, 5) is 26.6. The van der Waals surface area contributed by atoms with Crippen molar-refractivity contribution < 1.29 is 9.59 Å². The largest absolute Gasteiger partial charge is 0.359 e. The summed E-state index contributed by atoms with van der Waals surface area (Å²) < 4.78 is 0. The van der Waals surface area contributed by atoms with E-state index in [2.05, 4.69) is 17.2 Å². The van der Waals surface area contributed by atoms with Gasteiger partial charge in [-0.15, -0.1) is 11.3 Å². The first-order valence-electron chi connectivity index (χ1n) is 6.94. The van der Waals surface area contributed by atoms with E-state index in [9.17, 15) is 9.59 Å². The molecule has 5 nitrogen and oxygen atoms in total. The summed E-state index contributed by atoms with van der Waals surface area (Å²) in [6.45, 7) is 1.56. The lowest BCUT2D eigenvalue weighted by Gasteiger charge is -2.30. The Labute approximate surface area is 128 Å². The van der Waals surface area contributed by atoms with Gasteiger partial charge in [-0.1, -0.05) is 11.8 Å². The zero-order valence-electron chi connectivity index (χ0n) is 12.0. The van der Waals surface area contributed by atoms with Crippen molar-refractivity contribution in [3.63, 3.8) is 0 Å². The summed E-state index contributed by atoms with van der Waals surface area (Å²) in [5.41, 5.74) is 6.00. The number of carbonyl (C=O) groups excluding carboxylic acids is 2. The van der Waals surface area contributed by atoms with Crippen LogP contribution in [0.1, 0.15) is 28.1 Å². The van der Waals surface area contributed by atoms with Gasteiger partial charge < -0.3 is 16.0 Å². The quantitative estimate of drug-likeness (QED) is 0.788. The normalized spacial score (nSPS) is 15.2. The topological polar surface area (TPSA) is 75.4 Å². The van der Waals surface area contributed by atoms with Gasteiger partial charge >= 0.3 is 0 Å². The predicted octanol–water partition coefficient (Wildman–Crippen LogP) is 0.656. The molecular formula is C15H19N3O2S. The van der Waals surface area contributed by atoms with E-state index >= 15 is 0 Å². The molecule has 0 bridgehead atoms. The van der Waals surface area contributed by atoms with Crippen molar-refractivity contribution in [2.45, 2.75) is 12.8 Å². The van der Waals surface area contributed by atoms with E-state index in [1.54, 1.807) is 13.1 Å². The molecule has 2 amide bonds. The SMILES string of the molecule is CNC(=O)C1CCN(C(=O)c2csc(C#CCN)c2)CC1. The lowest BCUT2D eigenvalue weighted by Crippen LogP contribution is -2.42. The average Bonchev–Trinajstić information content (AvgIpc) is 3.00. The van der Waals surface area contributed by atoms with Crippen LogP contribution in [0.15, 0.2) is 11.4 Å². The number of thiophene rings is 1. The maximum atomic E-state index is 12.4. The Balaban J connectivity index is 1.95. The van der Waals surface area contributed by atoms with Crippen molar-refractivity contribution in [3.05, 3.63) is 21.9 Å². The molecule has 1 saturated heterocycles. The molecule has 0 spiro atoms. The van der Waals surface area contributed by atoms with Gasteiger partial charge in [0.25, 0.3) is 5.91 Å². The van der Waals surface area contributed by atoms with Gasteiger partial charge in [-0.25, -0.2) is 0 Å². The number of nitrogens with two attached hydrogens (primary N) is 1. The molecule has 6 heteroatoms. The summed E-state index contributed by atoms with van der Waals surface area (Å²) in [5, 5.41) is 4.49. The lowest BCUT2D eigenvalue weighted by molar-refractivity contribution is -0.125. The van der Waals surface area contributed by atoms with Crippen LogP contribution in [-0.4, -0.2) is 43.4 Å². The third kappa shape index (κ3) is 3.84. The van der Waals surface area contributed by atoms with E-state index < -0.39 is 0 Å². The molecule has 0 radical (unpaired) electrons. The molecule has 1 aromatic heterocycles. The molecule has 0 unspecified atom stereocenters. The number of carbonyl (C=O) groups is 2. The fourth-order valence-corrected chi connectivity index (χ4v) is 3.13. The zero-order chi connectivity index (χ0) is 15.2. The molecule has 21 heavy (non-hydrogen) atoms. The second kappa shape index (κ2) is 7.25. The lowest BCUT2D eigenvalue weighted by atomic mass is 9.95. The van der Waals surface area contributed by atoms with Crippen molar-refractivity contribution in [1.29, 1.82) is 0 Å². The maximum absolute atomic E-state index is 12.4. The molecule has 3 N–H and O–H groups in total. The Hall–Kier alpha value is -1.84. The Kier molecular flexibility index (Phi) is 5.37. The molecule has 1 aromatic rings. The molecule has 2 rings (SSSR count). The van der Waals surface area contributed by atoms with E-state index in [-0.39, 0.29) is 17.7 Å². The third-order valence-electron chi connectivity index (χ3n) is 3.56. The van der Waals surface area contributed by atoms with Gasteiger partial charge in [0.2, 0.25) is 5.91 Å². The van der Waals surface area contributed by atoms with Crippen LogP contribution in [0.3, 0.4) is 0 Å². The van der Waals surface area contributed by atoms with Crippen molar-refractivity contribution in [2.75, 3.05) is 26.7 Å². The number of likely N-dealkylation sites (tertiary alicyclic amines) is 1. The summed E-state index contributed by atoms with van der Waals surface area (Å²) in [5.74, 6) is 5.82. The zero-order valence-corrected chi connectivity index (χ0v) is 12.8. The van der Waals surface area contributed by atoms with Gasteiger partial charge in [-0.2, -0.15) is 0 Å². The number of hydrogen-bond donors (Lipinski definition) is 2. The maximum Gasteiger partial charge on any atom is 0.254 e. The Morgan fingerprint density at radius 1 is 1.48 bits per heavy atom. The third-order valence-corrected chi connectivity index (χ3v) is 4.41. The van der Waals surface area contributed by atoms with Crippen LogP contribution in [-0.2, 0) is 4.79 Å². The monoisotopic (exact) mass is 305 g/mol. The minimum atomic E-state index is 0.0161. The summed E-state index contributed by atoms with van der Waals surface area (Å²) in [7, 11) is 1.65. The molecule has 112 valence electrons. The number of nitrogens with one attached hydrogen (secondary N) is 1. The van der Waals surface area contributed by atoms with Crippen molar-refractivity contribution in [3.8, 4) is 11.8 Å². The Bertz CT molecular complexity index is 577. The molecule has 0 saturated carbocycles. The van der Waals surface area contributed by atoms with Gasteiger partial charge in [-0.05, 0) is 18.9 Å². The molecule has 0 aliphatic carbocycles. The number of amides is 2. The van der Waals surface area contributed by atoms with Crippen LogP contribution >= 0.6 is 11.3 Å². The van der Waals surface area contributed by atoms with Crippen LogP contribution in [0.2, 0.25) is 0 Å². The van der Waals surface area contributed by atoms with Gasteiger partial charge in [-0.3, -0.25) is 9.59 Å². The highest BCUT2D eigenvalue weighted by molar-refractivity contribution is 7.10. The van der Waals surface area contributed by atoms with Gasteiger partial charge in [0.15, 0.2) is 0 Å². The summed E-state index contributed by atoms with van der Waals surface area (Å²) >= 11 is 1.45. The van der Waals surface area contributed by atoms with Crippen LogP contribution < -0.4 is 11.1 Å². The average molecular weight is 305 g/mol. The highest BCUT2D eigenvalue weighted by Crippen LogP contribution is 2.21. The smallest absolute Gasteiger partial charge is 0.254 e. The first-order chi connectivity index (χ1) is 10.2. The summed E-state index contributed by atoms with van der Waals surface area (Å²) in [6.07, 6.45) is 1.44. The van der Waals surface area contributed by atoms with E-state index in [4.69, 9.17) is 5.73 Å². The van der Waals surface area contributed by atoms with E-state index in [1.807, 2.05) is 10.3 Å². The second-order valence-electron chi connectivity index (χ2n) is 4.89. The fourth-order valence-electron chi connectivity index (χ4n) is 2.38. The number of nitrogens with zero attached hydrogens (tertiary/aromatic N) is 1. The van der Waals surface area contributed by atoms with Crippen molar-refractivity contribution in [2.24, 2.45) is 11.7 Å². The standard InChI is InChI=1S/C15H19N3O2S/c1-17-14(19)11-4-7-18(8-5-11)15(20)12-9-13(21-10-12)3-2-6-16/h9-11H,4-8,16H2,1H3,(H,17,19). The second-order valence-corrected chi connectivity index (χ2v) is 5.80. The number of piperidine rings is 1. The van der Waals surface area contributed by atoms with E-state index in [0.29, 0.717) is 25.2 Å². The molecular weight excluding hydrogens is 286 g/mol. The molecule has 0 atom stereocenters. The van der Waals surface area contributed by atoms with Crippen molar-refractivity contribution in [1.82, 2.24) is 10.2 Å². The first kappa shape index (κ1) is 15.5. The molecule has 0 aromatic carbocycles. The molecule has 2 heterocycles. The Morgan fingerprint density at radius 2 is 2.19 bits per heavy atom. The Morgan fingerprint density at radius 3 is 2.81 bits per heavy atom. The first-order valence-corrected chi connectivity index (χ1v) is 7.82. The number of rotatable bonds is 2. The molecule has 1 aliphatic heterocycles. The molecule has 1 aliphatic rings. The van der Waals surface area contributed by atoms with Gasteiger partial charge in [0.05, 0.1) is 17.0 Å².